The third-order valence-electron chi connectivity index (χ3n) is 14.8. The fourth-order valence-corrected chi connectivity index (χ4v) is 13.0. The van der Waals surface area contributed by atoms with E-state index in [-0.39, 0.29) is 57.1 Å². The molecule has 1 saturated heterocycles. The molecule has 0 radical (unpaired) electrons. The van der Waals surface area contributed by atoms with E-state index in [0.717, 1.165) is 32.1 Å². The Morgan fingerprint density at radius 2 is 1.66 bits per heavy atom. The van der Waals surface area contributed by atoms with Gasteiger partial charge in [-0.15, -0.1) is 0 Å². The molecule has 8 heteroatoms. The summed E-state index contributed by atoms with van der Waals surface area (Å²) in [6, 6.07) is 0. The zero-order valence-electron chi connectivity index (χ0n) is 28.9. The van der Waals surface area contributed by atoms with Crippen LogP contribution in [0.1, 0.15) is 107 Å². The van der Waals surface area contributed by atoms with Crippen LogP contribution in [-0.4, -0.2) is 83.8 Å². The van der Waals surface area contributed by atoms with Crippen LogP contribution in [0.2, 0.25) is 0 Å². The second kappa shape index (κ2) is 10.1. The summed E-state index contributed by atoms with van der Waals surface area (Å²) in [6.45, 7) is 16.8. The van der Waals surface area contributed by atoms with Gasteiger partial charge in [0.15, 0.2) is 6.10 Å². The summed E-state index contributed by atoms with van der Waals surface area (Å²) in [5.41, 5.74) is -1.27. The van der Waals surface area contributed by atoms with Gasteiger partial charge in [0.25, 0.3) is 0 Å². The first-order valence-corrected chi connectivity index (χ1v) is 17.3. The van der Waals surface area contributed by atoms with Gasteiger partial charge in [-0.3, -0.25) is 14.5 Å². The summed E-state index contributed by atoms with van der Waals surface area (Å²) in [7, 11) is 3.81. The van der Waals surface area contributed by atoms with Crippen LogP contribution in [-0.2, 0) is 23.8 Å². The van der Waals surface area contributed by atoms with Crippen molar-refractivity contribution in [3.05, 3.63) is 0 Å². The average molecular weight is 618 g/mol. The van der Waals surface area contributed by atoms with Gasteiger partial charge in [-0.25, -0.2) is 0 Å². The Hall–Kier alpha value is -1.22. The van der Waals surface area contributed by atoms with Crippen LogP contribution in [0.3, 0.4) is 0 Å². The topological polar surface area (TPSA) is 106 Å². The van der Waals surface area contributed by atoms with Gasteiger partial charge in [-0.05, 0) is 119 Å². The molecule has 0 aromatic heterocycles. The van der Waals surface area contributed by atoms with Crippen LogP contribution >= 0.6 is 0 Å². The number of likely N-dealkylation sites (N-methyl/N-ethyl adjacent to an activating group) is 1. The monoisotopic (exact) mass is 617 g/mol. The molecule has 13 atom stereocenters. The molecule has 2 N–H and O–H groups in total. The number of carbonyl (C=O) groups excluding carboxylic acids is 2. The Morgan fingerprint density at radius 1 is 1.02 bits per heavy atom. The molecule has 5 saturated carbocycles. The molecule has 0 amide bonds. The number of esters is 2. The standard InChI is InChI=1S/C36H59NO7/c1-20-17-22(30(32(5,6)41)42-21(2)38)43-28-27(20)33(7)15-16-36-19-35(36)14-13-25(44-26(39)18-37(9)10)31(3,4)23(35)11-12-24(36)34(33,8)29(28)40/h20,22-25,27-30,40-41H,11-19H2,1-10H3/t20-,22+,23+,24+,25+,27+,28+,29+,30+,33-,34-,35-,36+/m1/s1. The van der Waals surface area contributed by atoms with Crippen molar-refractivity contribution in [2.45, 2.75) is 143 Å². The lowest BCUT2D eigenvalue weighted by molar-refractivity contribution is -0.216. The van der Waals surface area contributed by atoms with Crippen LogP contribution in [0, 0.1) is 50.7 Å². The maximum atomic E-state index is 12.7. The summed E-state index contributed by atoms with van der Waals surface area (Å²) < 4.78 is 18.6. The molecule has 44 heavy (non-hydrogen) atoms. The number of carbonyl (C=O) groups is 2. The molecule has 6 fully saturated rings. The third kappa shape index (κ3) is 4.28. The van der Waals surface area contributed by atoms with Crippen molar-refractivity contribution in [3.63, 3.8) is 0 Å². The summed E-state index contributed by atoms with van der Waals surface area (Å²) in [4.78, 5) is 26.6. The van der Waals surface area contributed by atoms with Gasteiger partial charge in [0, 0.05) is 17.8 Å². The van der Waals surface area contributed by atoms with E-state index < -0.39 is 29.9 Å². The number of hydrogen-bond acceptors (Lipinski definition) is 8. The van der Waals surface area contributed by atoms with E-state index in [1.165, 1.54) is 19.8 Å². The van der Waals surface area contributed by atoms with Gasteiger partial charge >= 0.3 is 11.9 Å². The van der Waals surface area contributed by atoms with E-state index in [9.17, 15) is 19.8 Å². The van der Waals surface area contributed by atoms with Crippen molar-refractivity contribution < 1.29 is 34.0 Å². The molecule has 1 heterocycles. The normalized spacial score (nSPS) is 49.5. The second-order valence-electron chi connectivity index (χ2n) is 18.0. The van der Waals surface area contributed by atoms with Gasteiger partial charge in [0.1, 0.15) is 6.10 Å². The van der Waals surface area contributed by atoms with Crippen LogP contribution in [0.25, 0.3) is 0 Å². The van der Waals surface area contributed by atoms with Crippen molar-refractivity contribution in [3.8, 4) is 0 Å². The number of aliphatic hydroxyl groups excluding tert-OH is 1. The summed E-state index contributed by atoms with van der Waals surface area (Å²) in [6.07, 6.45) is 6.04. The SMILES string of the molecule is CC(=O)O[C@@H]([C@@H]1C[C@@H](C)[C@H]2[C@H](O1)[C@H](O)[C@@]1(C)[C@@H]3CC[C@H]4C(C)(C)[C@@H](OC(=O)CN(C)C)CC[C@@]45C[C@@]35CC[C@]21C)C(C)(C)O. The van der Waals surface area contributed by atoms with Crippen LogP contribution in [0.5, 0.6) is 0 Å². The minimum atomic E-state index is -1.26. The Balaban J connectivity index is 1.28. The lowest BCUT2D eigenvalue weighted by Gasteiger charge is -2.63. The zero-order valence-corrected chi connectivity index (χ0v) is 28.9. The highest BCUT2D eigenvalue weighted by Crippen LogP contribution is 2.89. The molecule has 1 aliphatic heterocycles. The Labute approximate surface area is 264 Å². The van der Waals surface area contributed by atoms with Crippen LogP contribution < -0.4 is 0 Å². The Bertz CT molecular complexity index is 1180. The molecule has 0 aromatic rings. The Morgan fingerprint density at radius 3 is 2.27 bits per heavy atom. The first kappa shape index (κ1) is 32.7. The molecule has 0 unspecified atom stereocenters. The third-order valence-corrected chi connectivity index (χ3v) is 14.8. The van der Waals surface area contributed by atoms with Gasteiger partial charge in [0.2, 0.25) is 0 Å². The predicted molar refractivity (Wildman–Crippen MR) is 166 cm³/mol. The second-order valence-corrected chi connectivity index (χ2v) is 18.0. The number of nitrogens with zero attached hydrogens (tertiary/aromatic N) is 1. The Kier molecular flexibility index (Phi) is 7.54. The molecule has 8 nitrogen and oxygen atoms in total. The number of fused-ring (bicyclic) bond motifs is 4. The number of aliphatic hydroxyl groups is 2. The van der Waals surface area contributed by atoms with Crippen molar-refractivity contribution in [2.75, 3.05) is 20.6 Å². The highest BCUT2D eigenvalue weighted by molar-refractivity contribution is 5.71. The minimum Gasteiger partial charge on any atom is -0.461 e. The first-order chi connectivity index (χ1) is 20.3. The average Bonchev–Trinajstić information content (AvgIpc) is 3.52. The summed E-state index contributed by atoms with van der Waals surface area (Å²) in [5, 5.41) is 23.5. The highest BCUT2D eigenvalue weighted by atomic mass is 16.6. The van der Waals surface area contributed by atoms with E-state index in [2.05, 4.69) is 34.6 Å². The van der Waals surface area contributed by atoms with Crippen molar-refractivity contribution >= 4 is 11.9 Å². The van der Waals surface area contributed by atoms with E-state index >= 15 is 0 Å². The maximum Gasteiger partial charge on any atom is 0.320 e. The summed E-state index contributed by atoms with van der Waals surface area (Å²) in [5.74, 6) is 0.799. The molecule has 6 rings (SSSR count). The molecular formula is C36H59NO7. The zero-order chi connectivity index (χ0) is 32.4. The minimum absolute atomic E-state index is 0.0590. The maximum absolute atomic E-state index is 12.7. The van der Waals surface area contributed by atoms with Gasteiger partial charge < -0.3 is 24.4 Å². The quantitative estimate of drug-likeness (QED) is 0.403. The fraction of sp³-hybridized carbons (Fsp3) is 0.944. The van der Waals surface area contributed by atoms with E-state index in [1.54, 1.807) is 13.8 Å². The van der Waals surface area contributed by atoms with Gasteiger partial charge in [-0.2, -0.15) is 0 Å². The smallest absolute Gasteiger partial charge is 0.320 e. The molecular weight excluding hydrogens is 558 g/mol. The molecule has 5 aliphatic carbocycles. The molecule has 6 aliphatic rings. The lowest BCUT2D eigenvalue weighted by atomic mass is 9.41. The number of hydrogen-bond donors (Lipinski definition) is 2. The van der Waals surface area contributed by atoms with E-state index in [0.29, 0.717) is 24.8 Å². The van der Waals surface area contributed by atoms with Gasteiger partial charge in [-0.1, -0.05) is 34.6 Å². The molecule has 250 valence electrons. The van der Waals surface area contributed by atoms with Crippen molar-refractivity contribution in [1.82, 2.24) is 4.90 Å². The fourth-order valence-electron chi connectivity index (χ4n) is 13.0. The molecule has 0 aromatic carbocycles. The van der Waals surface area contributed by atoms with Crippen molar-refractivity contribution in [2.24, 2.45) is 50.7 Å². The number of ether oxygens (including phenoxy) is 3. The molecule has 0 bridgehead atoms. The van der Waals surface area contributed by atoms with E-state index in [1.807, 2.05) is 19.0 Å². The van der Waals surface area contributed by atoms with Crippen LogP contribution in [0.15, 0.2) is 0 Å². The number of rotatable bonds is 6. The van der Waals surface area contributed by atoms with Gasteiger partial charge in [0.05, 0.1) is 30.5 Å². The molecule has 2 spiro atoms. The van der Waals surface area contributed by atoms with Crippen molar-refractivity contribution in [1.29, 1.82) is 0 Å². The van der Waals surface area contributed by atoms with Crippen LogP contribution in [0.4, 0.5) is 0 Å². The summed E-state index contributed by atoms with van der Waals surface area (Å²) >= 11 is 0. The largest absolute Gasteiger partial charge is 0.461 e. The predicted octanol–water partition coefficient (Wildman–Crippen LogP) is 4.98. The lowest BCUT2D eigenvalue weighted by Crippen LogP contribution is -2.60. The highest BCUT2D eigenvalue weighted by Gasteiger charge is 2.84. The first-order valence-electron chi connectivity index (χ1n) is 17.3. The van der Waals surface area contributed by atoms with E-state index in [4.69, 9.17) is 14.2 Å².